The van der Waals surface area contributed by atoms with E-state index >= 15 is 0 Å². The van der Waals surface area contributed by atoms with Gasteiger partial charge in [-0.25, -0.2) is 18.2 Å². The SMILES string of the molecule is CCn1cnc2c(-c3ccc(F)c(-c4ccn5c(C(F)F)nnc5c4OC)c3)cnnc21. The van der Waals surface area contributed by atoms with Crippen LogP contribution in [-0.4, -0.2) is 41.5 Å². The Kier molecular flexibility index (Phi) is 4.72. The minimum absolute atomic E-state index is 0.0692. The van der Waals surface area contributed by atoms with Crippen LogP contribution >= 0.6 is 0 Å². The van der Waals surface area contributed by atoms with Crippen molar-refractivity contribution in [2.45, 2.75) is 19.9 Å². The molecule has 11 heteroatoms. The fraction of sp³-hybridized carbons (Fsp3) is 0.190. The van der Waals surface area contributed by atoms with Crippen molar-refractivity contribution in [2.75, 3.05) is 7.11 Å². The van der Waals surface area contributed by atoms with Gasteiger partial charge in [-0.3, -0.25) is 4.40 Å². The Hall–Kier alpha value is -4.02. The molecule has 8 nitrogen and oxygen atoms in total. The number of nitrogens with zero attached hydrogens (tertiary/aromatic N) is 7. The van der Waals surface area contributed by atoms with Crippen molar-refractivity contribution in [2.24, 2.45) is 0 Å². The summed E-state index contributed by atoms with van der Waals surface area (Å²) in [7, 11) is 1.37. The number of aryl methyl sites for hydroxylation is 1. The monoisotopic (exact) mass is 439 g/mol. The normalized spacial score (nSPS) is 11.7. The number of imidazole rings is 1. The van der Waals surface area contributed by atoms with Crippen LogP contribution in [0.4, 0.5) is 13.2 Å². The van der Waals surface area contributed by atoms with Crippen LogP contribution in [-0.2, 0) is 6.54 Å². The van der Waals surface area contributed by atoms with Gasteiger partial charge in [0.05, 0.1) is 19.6 Å². The summed E-state index contributed by atoms with van der Waals surface area (Å²) in [6.45, 7) is 2.65. The van der Waals surface area contributed by atoms with Crippen molar-refractivity contribution < 1.29 is 17.9 Å². The largest absolute Gasteiger partial charge is 0.492 e. The van der Waals surface area contributed by atoms with Gasteiger partial charge < -0.3 is 9.30 Å². The fourth-order valence-corrected chi connectivity index (χ4v) is 3.73. The Morgan fingerprint density at radius 2 is 1.88 bits per heavy atom. The quantitative estimate of drug-likeness (QED) is 0.406. The number of pyridine rings is 1. The number of hydrogen-bond acceptors (Lipinski definition) is 6. The summed E-state index contributed by atoms with van der Waals surface area (Å²) in [4.78, 5) is 4.43. The highest BCUT2D eigenvalue weighted by Crippen LogP contribution is 2.38. The Balaban J connectivity index is 1.71. The van der Waals surface area contributed by atoms with Crippen molar-refractivity contribution >= 4 is 16.8 Å². The minimum Gasteiger partial charge on any atom is -0.492 e. The van der Waals surface area contributed by atoms with E-state index in [2.05, 4.69) is 25.4 Å². The van der Waals surface area contributed by atoms with Gasteiger partial charge in [-0.2, -0.15) is 5.10 Å². The maximum atomic E-state index is 14.9. The van der Waals surface area contributed by atoms with E-state index < -0.39 is 18.1 Å². The van der Waals surface area contributed by atoms with Crippen molar-refractivity contribution in [1.29, 1.82) is 0 Å². The molecule has 0 spiro atoms. The highest BCUT2D eigenvalue weighted by Gasteiger charge is 2.22. The predicted octanol–water partition coefficient (Wildman–Crippen LogP) is 4.31. The van der Waals surface area contributed by atoms with E-state index in [1.807, 2.05) is 11.5 Å². The smallest absolute Gasteiger partial charge is 0.297 e. The molecule has 0 saturated carbocycles. The van der Waals surface area contributed by atoms with Gasteiger partial charge in [0.25, 0.3) is 6.43 Å². The number of hydrogen-bond donors (Lipinski definition) is 0. The lowest BCUT2D eigenvalue weighted by atomic mass is 9.99. The highest BCUT2D eigenvalue weighted by atomic mass is 19.3. The molecule has 0 unspecified atom stereocenters. The van der Waals surface area contributed by atoms with E-state index in [1.165, 1.54) is 25.4 Å². The van der Waals surface area contributed by atoms with E-state index in [0.29, 0.717) is 34.4 Å². The van der Waals surface area contributed by atoms with Crippen LogP contribution in [0, 0.1) is 5.82 Å². The Labute approximate surface area is 179 Å². The first-order valence-electron chi connectivity index (χ1n) is 9.70. The molecule has 162 valence electrons. The lowest BCUT2D eigenvalue weighted by molar-refractivity contribution is 0.139. The molecule has 0 atom stereocenters. The third-order valence-corrected chi connectivity index (χ3v) is 5.27. The molecule has 0 aliphatic heterocycles. The number of halogens is 3. The summed E-state index contributed by atoms with van der Waals surface area (Å²) in [5, 5.41) is 15.6. The van der Waals surface area contributed by atoms with E-state index in [4.69, 9.17) is 4.74 Å². The van der Waals surface area contributed by atoms with Gasteiger partial charge in [0.1, 0.15) is 11.3 Å². The number of methoxy groups -OCH3 is 1. The van der Waals surface area contributed by atoms with E-state index in [1.54, 1.807) is 24.7 Å². The van der Waals surface area contributed by atoms with Crippen LogP contribution < -0.4 is 4.74 Å². The van der Waals surface area contributed by atoms with Crippen LogP contribution in [0.3, 0.4) is 0 Å². The van der Waals surface area contributed by atoms with Gasteiger partial charge in [-0.15, -0.1) is 15.3 Å². The first kappa shape index (κ1) is 19.9. The van der Waals surface area contributed by atoms with Crippen molar-refractivity contribution in [1.82, 2.24) is 34.3 Å². The molecular weight excluding hydrogens is 423 g/mol. The molecule has 4 aromatic heterocycles. The first-order chi connectivity index (χ1) is 15.5. The highest BCUT2D eigenvalue weighted by molar-refractivity contribution is 5.91. The Morgan fingerprint density at radius 3 is 2.62 bits per heavy atom. The summed E-state index contributed by atoms with van der Waals surface area (Å²) in [6.07, 6.45) is 1.80. The Bertz CT molecular complexity index is 1460. The molecule has 1 aromatic carbocycles. The molecule has 0 fully saturated rings. The summed E-state index contributed by atoms with van der Waals surface area (Å²) in [5.74, 6) is -0.894. The second kappa shape index (κ2) is 7.59. The Morgan fingerprint density at radius 1 is 1.03 bits per heavy atom. The second-order valence-corrected chi connectivity index (χ2v) is 6.97. The van der Waals surface area contributed by atoms with Crippen LogP contribution in [0.5, 0.6) is 5.75 Å². The summed E-state index contributed by atoms with van der Waals surface area (Å²) >= 11 is 0. The zero-order chi connectivity index (χ0) is 22.4. The van der Waals surface area contributed by atoms with Gasteiger partial charge in [0, 0.05) is 29.4 Å². The number of ether oxygens (including phenoxy) is 1. The zero-order valence-corrected chi connectivity index (χ0v) is 17.0. The molecule has 0 aliphatic rings. The third kappa shape index (κ3) is 2.96. The number of alkyl halides is 2. The van der Waals surface area contributed by atoms with Gasteiger partial charge in [0.15, 0.2) is 11.4 Å². The molecule has 0 aliphatic carbocycles. The maximum absolute atomic E-state index is 14.9. The number of rotatable bonds is 5. The molecule has 0 bridgehead atoms. The molecule has 0 saturated heterocycles. The number of aromatic nitrogens is 7. The van der Waals surface area contributed by atoms with Crippen LogP contribution in [0.2, 0.25) is 0 Å². The third-order valence-electron chi connectivity index (χ3n) is 5.27. The molecule has 4 heterocycles. The average Bonchev–Trinajstić information content (AvgIpc) is 3.43. The van der Waals surface area contributed by atoms with Crippen LogP contribution in [0.15, 0.2) is 43.0 Å². The predicted molar refractivity (Wildman–Crippen MR) is 110 cm³/mol. The summed E-state index contributed by atoms with van der Waals surface area (Å²) in [5.41, 5.74) is 3.25. The lowest BCUT2D eigenvalue weighted by Gasteiger charge is -2.12. The van der Waals surface area contributed by atoms with Crippen molar-refractivity contribution in [3.63, 3.8) is 0 Å². The standard InChI is InChI=1S/C21H16F3N7O/c1-3-30-10-25-16-14(9-26-27-19(16)30)11-4-5-15(22)13(8-11)12-6-7-31-20(17(12)32-2)28-29-21(31)18(23)24/h4-10,18H,3H2,1-2H3. The molecule has 32 heavy (non-hydrogen) atoms. The molecule has 5 rings (SSSR count). The maximum Gasteiger partial charge on any atom is 0.297 e. The first-order valence-corrected chi connectivity index (χ1v) is 9.70. The topological polar surface area (TPSA) is 83.0 Å². The second-order valence-electron chi connectivity index (χ2n) is 6.97. The molecule has 0 radical (unpaired) electrons. The van der Waals surface area contributed by atoms with Gasteiger partial charge in [-0.1, -0.05) is 6.07 Å². The van der Waals surface area contributed by atoms with Gasteiger partial charge in [0.2, 0.25) is 11.5 Å². The van der Waals surface area contributed by atoms with E-state index in [-0.39, 0.29) is 17.0 Å². The molecule has 0 amide bonds. The zero-order valence-electron chi connectivity index (χ0n) is 17.0. The van der Waals surface area contributed by atoms with E-state index in [9.17, 15) is 13.2 Å². The molecule has 5 aromatic rings. The summed E-state index contributed by atoms with van der Waals surface area (Å²) < 4.78 is 49.7. The number of fused-ring (bicyclic) bond motifs is 2. The van der Waals surface area contributed by atoms with Crippen LogP contribution in [0.1, 0.15) is 19.2 Å². The lowest BCUT2D eigenvalue weighted by Crippen LogP contribution is -1.99. The van der Waals surface area contributed by atoms with Gasteiger partial charge >= 0.3 is 0 Å². The van der Waals surface area contributed by atoms with E-state index in [0.717, 1.165) is 4.40 Å². The molecular formula is C21H16F3N7O. The van der Waals surface area contributed by atoms with Crippen molar-refractivity contribution in [3.8, 4) is 28.0 Å². The summed E-state index contributed by atoms with van der Waals surface area (Å²) in [6, 6.07) is 6.08. The molecule has 0 N–H and O–H groups in total. The van der Waals surface area contributed by atoms with Crippen molar-refractivity contribution in [3.05, 3.63) is 54.6 Å². The van der Waals surface area contributed by atoms with Crippen LogP contribution in [0.25, 0.3) is 39.1 Å². The fourth-order valence-electron chi connectivity index (χ4n) is 3.73. The average molecular weight is 439 g/mol. The minimum atomic E-state index is -2.81. The number of benzene rings is 1. The van der Waals surface area contributed by atoms with Gasteiger partial charge in [-0.05, 0) is 30.7 Å².